The molecule has 0 spiro atoms. The smallest absolute Gasteiger partial charge is 0.256 e. The monoisotopic (exact) mass is 509 g/mol. The lowest BCUT2D eigenvalue weighted by Gasteiger charge is -2.15. The maximum Gasteiger partial charge on any atom is 0.256 e. The van der Waals surface area contributed by atoms with E-state index in [1.165, 1.54) is 25.6 Å². The molecule has 0 fully saturated rings. The molecule has 4 aromatic rings. The Morgan fingerprint density at radius 2 is 1.60 bits per heavy atom. The predicted octanol–water partition coefficient (Wildman–Crippen LogP) is 5.11. The average Bonchev–Trinajstić information content (AvgIpc) is 2.86. The minimum atomic E-state index is -4.03. The Morgan fingerprint density at radius 3 is 2.31 bits per heavy atom. The second-order valence-electron chi connectivity index (χ2n) is 7.15. The van der Waals surface area contributed by atoms with Crippen molar-refractivity contribution in [3.8, 4) is 28.9 Å². The zero-order chi connectivity index (χ0) is 24.8. The number of benzene rings is 2. The number of halogens is 1. The number of para-hydroxylation sites is 2. The van der Waals surface area contributed by atoms with Crippen LogP contribution in [0, 0.1) is 6.92 Å². The molecule has 35 heavy (non-hydrogen) atoms. The molecule has 0 amide bonds. The highest BCUT2D eigenvalue weighted by Gasteiger charge is 2.22. The summed E-state index contributed by atoms with van der Waals surface area (Å²) in [4.78, 5) is 16.7. The van der Waals surface area contributed by atoms with Crippen molar-refractivity contribution in [2.45, 2.75) is 6.92 Å². The van der Waals surface area contributed by atoms with Crippen LogP contribution < -0.4 is 14.2 Å². The molecule has 0 bridgehead atoms. The molecule has 0 aliphatic heterocycles. The highest BCUT2D eigenvalue weighted by atomic mass is 35.5. The van der Waals surface area contributed by atoms with Gasteiger partial charge in [0.1, 0.15) is 0 Å². The Labute approximate surface area is 207 Å². The number of ether oxygens (including phenoxy) is 2. The number of aryl methyl sites for hydroxylation is 1. The largest absolute Gasteiger partial charge is 0.493 e. The number of rotatable bonds is 8. The molecule has 0 radical (unpaired) electrons. The van der Waals surface area contributed by atoms with Crippen LogP contribution in [-0.4, -0.2) is 35.5 Å². The van der Waals surface area contributed by atoms with Gasteiger partial charge in [0.25, 0.3) is 10.0 Å². The molecule has 1 N–H and O–H groups in total. The standard InChI is InChI=1S/C24H20ClN5O4S/c1-16-8-3-4-9-17(16)12-15-35(31,32)30-22-20(34-19-11-6-5-10-18(19)33-2)21(25)28-24(29-22)23-26-13-7-14-27-23/h3-15H,1-2H3,(H,28,29,30)/b15-12+. The quantitative estimate of drug-likeness (QED) is 0.326. The van der Waals surface area contributed by atoms with Crippen LogP contribution in [0.15, 0.2) is 72.4 Å². The number of nitrogens with one attached hydrogen (secondary N) is 1. The number of nitrogens with zero attached hydrogens (tertiary/aromatic N) is 4. The first kappa shape index (κ1) is 24.1. The zero-order valence-corrected chi connectivity index (χ0v) is 20.3. The van der Waals surface area contributed by atoms with Crippen molar-refractivity contribution in [1.29, 1.82) is 0 Å². The summed E-state index contributed by atoms with van der Waals surface area (Å²) >= 11 is 6.43. The number of hydrogen-bond donors (Lipinski definition) is 1. The van der Waals surface area contributed by atoms with Crippen molar-refractivity contribution in [2.75, 3.05) is 11.8 Å². The molecule has 0 atom stereocenters. The molecule has 178 valence electrons. The molecule has 2 aromatic carbocycles. The van der Waals surface area contributed by atoms with E-state index in [1.54, 1.807) is 30.3 Å². The molecular weight excluding hydrogens is 490 g/mol. The van der Waals surface area contributed by atoms with Gasteiger partial charge in [-0.1, -0.05) is 48.0 Å². The van der Waals surface area contributed by atoms with Gasteiger partial charge in [-0.05, 0) is 42.3 Å². The molecule has 0 saturated carbocycles. The van der Waals surface area contributed by atoms with Crippen LogP contribution in [0.25, 0.3) is 17.7 Å². The topological polar surface area (TPSA) is 116 Å². The molecule has 0 aliphatic carbocycles. The Hall–Kier alpha value is -4.02. The van der Waals surface area contributed by atoms with Gasteiger partial charge in [0.2, 0.25) is 11.6 Å². The summed E-state index contributed by atoms with van der Waals surface area (Å²) in [5.41, 5.74) is 1.68. The zero-order valence-electron chi connectivity index (χ0n) is 18.7. The summed E-state index contributed by atoms with van der Waals surface area (Å²) in [5, 5.41) is 0.894. The van der Waals surface area contributed by atoms with Gasteiger partial charge in [-0.25, -0.2) is 28.4 Å². The Balaban J connectivity index is 1.76. The van der Waals surface area contributed by atoms with Gasteiger partial charge in [0.05, 0.1) is 12.5 Å². The van der Waals surface area contributed by atoms with E-state index in [0.29, 0.717) is 11.5 Å². The molecule has 9 nitrogen and oxygen atoms in total. The maximum absolute atomic E-state index is 13.0. The highest BCUT2D eigenvalue weighted by molar-refractivity contribution is 7.95. The minimum absolute atomic E-state index is 0.0172. The molecular formula is C24H20ClN5O4S. The van der Waals surface area contributed by atoms with Crippen LogP contribution in [-0.2, 0) is 10.0 Å². The molecule has 2 aromatic heterocycles. The van der Waals surface area contributed by atoms with Crippen LogP contribution in [0.1, 0.15) is 11.1 Å². The number of sulfonamides is 1. The third-order valence-electron chi connectivity index (χ3n) is 4.73. The van der Waals surface area contributed by atoms with Crippen molar-refractivity contribution < 1.29 is 17.9 Å². The lowest BCUT2D eigenvalue weighted by molar-refractivity contribution is 0.378. The second-order valence-corrected chi connectivity index (χ2v) is 9.07. The van der Waals surface area contributed by atoms with E-state index in [1.807, 2.05) is 31.2 Å². The van der Waals surface area contributed by atoms with Crippen molar-refractivity contribution in [3.05, 3.63) is 88.7 Å². The third-order valence-corrected chi connectivity index (χ3v) is 5.95. The van der Waals surface area contributed by atoms with Crippen molar-refractivity contribution >= 4 is 33.5 Å². The van der Waals surface area contributed by atoms with Gasteiger partial charge < -0.3 is 9.47 Å². The van der Waals surface area contributed by atoms with E-state index in [-0.39, 0.29) is 28.4 Å². The minimum Gasteiger partial charge on any atom is -0.493 e. The van der Waals surface area contributed by atoms with Gasteiger partial charge in [0.15, 0.2) is 28.3 Å². The first-order valence-electron chi connectivity index (χ1n) is 10.3. The fourth-order valence-corrected chi connectivity index (χ4v) is 4.03. The summed E-state index contributed by atoms with van der Waals surface area (Å²) in [6, 6.07) is 15.8. The third kappa shape index (κ3) is 5.92. The first-order valence-corrected chi connectivity index (χ1v) is 12.2. The van der Waals surface area contributed by atoms with E-state index in [4.69, 9.17) is 21.1 Å². The fraction of sp³-hybridized carbons (Fsp3) is 0.0833. The lowest BCUT2D eigenvalue weighted by Crippen LogP contribution is -2.13. The van der Waals surface area contributed by atoms with Crippen molar-refractivity contribution in [1.82, 2.24) is 19.9 Å². The van der Waals surface area contributed by atoms with Gasteiger partial charge in [-0.3, -0.25) is 4.72 Å². The molecule has 2 heterocycles. The summed E-state index contributed by atoms with van der Waals surface area (Å²) < 4.78 is 39.5. The highest BCUT2D eigenvalue weighted by Crippen LogP contribution is 2.39. The molecule has 4 rings (SSSR count). The number of anilines is 1. The Morgan fingerprint density at radius 1 is 0.914 bits per heavy atom. The normalized spacial score (nSPS) is 11.4. The van der Waals surface area contributed by atoms with Crippen LogP contribution in [0.3, 0.4) is 0 Å². The van der Waals surface area contributed by atoms with Gasteiger partial charge in [-0.15, -0.1) is 0 Å². The van der Waals surface area contributed by atoms with E-state index in [9.17, 15) is 8.42 Å². The summed E-state index contributed by atoms with van der Waals surface area (Å²) in [6.07, 6.45) is 4.50. The number of aromatic nitrogens is 4. The van der Waals surface area contributed by atoms with Gasteiger partial charge in [-0.2, -0.15) is 0 Å². The van der Waals surface area contributed by atoms with E-state index in [0.717, 1.165) is 16.5 Å². The molecule has 0 aliphatic rings. The van der Waals surface area contributed by atoms with Crippen molar-refractivity contribution in [2.24, 2.45) is 0 Å². The van der Waals surface area contributed by atoms with Gasteiger partial charge in [0, 0.05) is 12.4 Å². The predicted molar refractivity (Wildman–Crippen MR) is 134 cm³/mol. The summed E-state index contributed by atoms with van der Waals surface area (Å²) in [5.74, 6) is 0.585. The number of methoxy groups -OCH3 is 1. The maximum atomic E-state index is 13.0. The summed E-state index contributed by atoms with van der Waals surface area (Å²) in [7, 11) is -2.55. The molecule has 0 saturated heterocycles. The summed E-state index contributed by atoms with van der Waals surface area (Å²) in [6.45, 7) is 1.88. The van der Waals surface area contributed by atoms with Crippen LogP contribution in [0.5, 0.6) is 17.2 Å². The van der Waals surface area contributed by atoms with E-state index >= 15 is 0 Å². The number of hydrogen-bond acceptors (Lipinski definition) is 8. The van der Waals surface area contributed by atoms with Crippen LogP contribution in [0.2, 0.25) is 5.15 Å². The molecule has 11 heteroatoms. The van der Waals surface area contributed by atoms with E-state index in [2.05, 4.69) is 24.7 Å². The van der Waals surface area contributed by atoms with Crippen molar-refractivity contribution in [3.63, 3.8) is 0 Å². The second kappa shape index (κ2) is 10.5. The van der Waals surface area contributed by atoms with Crippen LogP contribution >= 0.6 is 11.6 Å². The van der Waals surface area contributed by atoms with Gasteiger partial charge >= 0.3 is 0 Å². The Kier molecular flexibility index (Phi) is 7.23. The fourth-order valence-electron chi connectivity index (χ4n) is 3.02. The lowest BCUT2D eigenvalue weighted by atomic mass is 10.1. The van der Waals surface area contributed by atoms with E-state index < -0.39 is 10.0 Å². The Bertz CT molecular complexity index is 1480. The first-order chi connectivity index (χ1) is 16.9. The SMILES string of the molecule is COc1ccccc1Oc1c(Cl)nc(-c2ncccn2)nc1NS(=O)(=O)/C=C/c1ccccc1C. The molecule has 0 unspecified atom stereocenters. The van der Waals surface area contributed by atoms with Crippen LogP contribution in [0.4, 0.5) is 5.82 Å². The average molecular weight is 510 g/mol.